The minimum Gasteiger partial charge on any atom is -0.456 e. The van der Waals surface area contributed by atoms with Crippen molar-refractivity contribution >= 4 is 16.6 Å². The molecule has 0 amide bonds. The fourth-order valence-electron chi connectivity index (χ4n) is 4.23. The number of ketones is 1. The first-order chi connectivity index (χ1) is 11.8. The first-order valence-electron chi connectivity index (χ1n) is 8.16. The summed E-state index contributed by atoms with van der Waals surface area (Å²) in [6.45, 7) is 0. The zero-order chi connectivity index (χ0) is 16.3. The highest BCUT2D eigenvalue weighted by Crippen LogP contribution is 2.54. The first-order valence-corrected chi connectivity index (χ1v) is 8.16. The Morgan fingerprint density at radius 1 is 0.917 bits per heavy atom. The fourth-order valence-corrected chi connectivity index (χ4v) is 4.23. The Kier molecular flexibility index (Phi) is 2.68. The standard InChI is InChI=1S/C21H16O3/c1-23-21-18(22)12-10-14-6-4-8-16(19(14)21)24-17-11-9-13-5-2-3-7-15(13)20(17)21/h2-9,11H,10,12H2,1H3/t21-/m1/s1. The topological polar surface area (TPSA) is 35.5 Å². The van der Waals surface area contributed by atoms with Gasteiger partial charge in [0.2, 0.25) is 0 Å². The predicted molar refractivity (Wildman–Crippen MR) is 91.6 cm³/mol. The Bertz CT molecular complexity index is 1010. The van der Waals surface area contributed by atoms with Crippen LogP contribution in [0.4, 0.5) is 0 Å². The third-order valence-electron chi connectivity index (χ3n) is 5.25. The van der Waals surface area contributed by atoms with Crippen LogP contribution in [0.1, 0.15) is 23.1 Å². The van der Waals surface area contributed by atoms with Crippen LogP contribution in [0.2, 0.25) is 0 Å². The number of fused-ring (bicyclic) bond motifs is 4. The number of carbonyl (C=O) groups excluding carboxylic acids is 1. The van der Waals surface area contributed by atoms with Crippen LogP contribution in [-0.4, -0.2) is 12.9 Å². The highest BCUT2D eigenvalue weighted by atomic mass is 16.5. The fraction of sp³-hybridized carbons (Fsp3) is 0.190. The molecule has 3 nitrogen and oxygen atoms in total. The second-order valence-electron chi connectivity index (χ2n) is 6.36. The van der Waals surface area contributed by atoms with Crippen LogP contribution in [0.25, 0.3) is 10.8 Å². The van der Waals surface area contributed by atoms with Gasteiger partial charge in [-0.05, 0) is 34.9 Å². The summed E-state index contributed by atoms with van der Waals surface area (Å²) in [5, 5.41) is 2.09. The Labute approximate surface area is 139 Å². The van der Waals surface area contributed by atoms with E-state index in [1.807, 2.05) is 48.5 Å². The van der Waals surface area contributed by atoms with Gasteiger partial charge in [-0.25, -0.2) is 0 Å². The van der Waals surface area contributed by atoms with E-state index in [4.69, 9.17) is 9.47 Å². The number of aryl methyl sites for hydroxylation is 1. The van der Waals surface area contributed by atoms with Gasteiger partial charge in [0.15, 0.2) is 11.4 Å². The van der Waals surface area contributed by atoms with E-state index >= 15 is 0 Å². The van der Waals surface area contributed by atoms with Gasteiger partial charge in [-0.2, -0.15) is 0 Å². The summed E-state index contributed by atoms with van der Waals surface area (Å²) in [5.74, 6) is 1.53. The van der Waals surface area contributed by atoms with E-state index in [0.717, 1.165) is 39.6 Å². The maximum Gasteiger partial charge on any atom is 0.184 e. The van der Waals surface area contributed by atoms with Crippen molar-refractivity contribution < 1.29 is 14.3 Å². The van der Waals surface area contributed by atoms with Gasteiger partial charge in [0, 0.05) is 24.7 Å². The van der Waals surface area contributed by atoms with Crippen LogP contribution >= 0.6 is 0 Å². The van der Waals surface area contributed by atoms with Crippen LogP contribution in [0, 0.1) is 0 Å². The molecule has 0 aromatic heterocycles. The van der Waals surface area contributed by atoms with E-state index in [9.17, 15) is 4.79 Å². The zero-order valence-corrected chi connectivity index (χ0v) is 13.3. The van der Waals surface area contributed by atoms with Crippen molar-refractivity contribution in [2.45, 2.75) is 18.4 Å². The van der Waals surface area contributed by atoms with Crippen molar-refractivity contribution in [3.63, 3.8) is 0 Å². The summed E-state index contributed by atoms with van der Waals surface area (Å²) in [5.41, 5.74) is 1.78. The van der Waals surface area contributed by atoms with Crippen molar-refractivity contribution in [3.8, 4) is 11.5 Å². The number of ether oxygens (including phenoxy) is 2. The predicted octanol–water partition coefficient (Wildman–Crippen LogP) is 4.35. The van der Waals surface area contributed by atoms with Crippen molar-refractivity contribution in [2.75, 3.05) is 7.11 Å². The molecule has 1 aliphatic heterocycles. The maximum absolute atomic E-state index is 13.2. The number of carbonyl (C=O) groups is 1. The molecule has 0 N–H and O–H groups in total. The van der Waals surface area contributed by atoms with E-state index in [1.54, 1.807) is 7.11 Å². The minimum atomic E-state index is -1.07. The van der Waals surface area contributed by atoms with E-state index < -0.39 is 5.60 Å². The van der Waals surface area contributed by atoms with Gasteiger partial charge in [-0.1, -0.05) is 42.5 Å². The van der Waals surface area contributed by atoms with E-state index in [1.165, 1.54) is 0 Å². The average Bonchev–Trinajstić information content (AvgIpc) is 2.63. The number of hydrogen-bond acceptors (Lipinski definition) is 3. The van der Waals surface area contributed by atoms with Gasteiger partial charge in [-0.15, -0.1) is 0 Å². The molecule has 3 aromatic rings. The average molecular weight is 316 g/mol. The third kappa shape index (κ3) is 1.53. The van der Waals surface area contributed by atoms with Gasteiger partial charge >= 0.3 is 0 Å². The molecule has 1 heterocycles. The monoisotopic (exact) mass is 316 g/mol. The van der Waals surface area contributed by atoms with Gasteiger partial charge in [-0.3, -0.25) is 4.79 Å². The van der Waals surface area contributed by atoms with Gasteiger partial charge < -0.3 is 9.47 Å². The molecular weight excluding hydrogens is 300 g/mol. The van der Waals surface area contributed by atoms with Crippen molar-refractivity contribution in [2.24, 2.45) is 0 Å². The summed E-state index contributed by atoms with van der Waals surface area (Å²) in [6, 6.07) is 18.0. The normalized spacial score (nSPS) is 21.1. The molecule has 3 aromatic carbocycles. The highest BCUT2D eigenvalue weighted by molar-refractivity contribution is 6.02. The Balaban J connectivity index is 1.98. The Morgan fingerprint density at radius 3 is 2.62 bits per heavy atom. The lowest BCUT2D eigenvalue weighted by atomic mass is 9.71. The molecule has 0 radical (unpaired) electrons. The van der Waals surface area contributed by atoms with Crippen LogP contribution in [0.3, 0.4) is 0 Å². The Morgan fingerprint density at radius 2 is 1.75 bits per heavy atom. The molecule has 0 saturated carbocycles. The maximum atomic E-state index is 13.2. The number of hydrogen-bond donors (Lipinski definition) is 0. The van der Waals surface area contributed by atoms with Gasteiger partial charge in [0.25, 0.3) is 0 Å². The molecule has 24 heavy (non-hydrogen) atoms. The summed E-state index contributed by atoms with van der Waals surface area (Å²) in [4.78, 5) is 13.2. The number of Topliss-reactive ketones (excluding diaryl/α,β-unsaturated/α-hetero) is 1. The summed E-state index contributed by atoms with van der Waals surface area (Å²) < 4.78 is 12.2. The summed E-state index contributed by atoms with van der Waals surface area (Å²) in [7, 11) is 1.63. The zero-order valence-electron chi connectivity index (χ0n) is 13.3. The number of methoxy groups -OCH3 is 1. The molecule has 3 heteroatoms. The molecule has 1 aliphatic carbocycles. The molecule has 1 atom stereocenters. The molecule has 0 spiro atoms. The molecule has 0 bridgehead atoms. The first kappa shape index (κ1) is 13.8. The highest BCUT2D eigenvalue weighted by Gasteiger charge is 2.52. The second kappa shape index (κ2) is 4.68. The van der Waals surface area contributed by atoms with Crippen LogP contribution in [0.5, 0.6) is 11.5 Å². The van der Waals surface area contributed by atoms with E-state index in [0.29, 0.717) is 12.2 Å². The summed E-state index contributed by atoms with van der Waals surface area (Å²) in [6.07, 6.45) is 1.21. The number of rotatable bonds is 1. The van der Waals surface area contributed by atoms with Crippen LogP contribution in [0.15, 0.2) is 54.6 Å². The molecular formula is C21H16O3. The molecule has 118 valence electrons. The smallest absolute Gasteiger partial charge is 0.184 e. The largest absolute Gasteiger partial charge is 0.456 e. The molecule has 0 fully saturated rings. The SMILES string of the molecule is CO[C@]12C(=O)CCc3cccc(c31)Oc1ccc3ccccc3c12. The second-order valence-corrected chi connectivity index (χ2v) is 6.36. The van der Waals surface area contributed by atoms with E-state index in [-0.39, 0.29) is 5.78 Å². The van der Waals surface area contributed by atoms with Crippen molar-refractivity contribution in [3.05, 3.63) is 71.3 Å². The molecule has 5 rings (SSSR count). The molecule has 2 aliphatic rings. The quantitative estimate of drug-likeness (QED) is 0.669. The third-order valence-corrected chi connectivity index (χ3v) is 5.25. The Hall–Kier alpha value is -2.65. The minimum absolute atomic E-state index is 0.103. The van der Waals surface area contributed by atoms with Gasteiger partial charge in [0.05, 0.1) is 0 Å². The lowest BCUT2D eigenvalue weighted by molar-refractivity contribution is -0.139. The number of benzene rings is 3. The van der Waals surface area contributed by atoms with Crippen molar-refractivity contribution in [1.29, 1.82) is 0 Å². The summed E-state index contributed by atoms with van der Waals surface area (Å²) >= 11 is 0. The lowest BCUT2D eigenvalue weighted by Gasteiger charge is -2.42. The molecule has 0 saturated heterocycles. The molecule has 0 unspecified atom stereocenters. The van der Waals surface area contributed by atoms with E-state index in [2.05, 4.69) is 6.07 Å². The van der Waals surface area contributed by atoms with Gasteiger partial charge in [0.1, 0.15) is 11.5 Å². The van der Waals surface area contributed by atoms with Crippen molar-refractivity contribution in [1.82, 2.24) is 0 Å². The van der Waals surface area contributed by atoms with Crippen LogP contribution in [-0.2, 0) is 21.6 Å². The lowest BCUT2D eigenvalue weighted by Crippen LogP contribution is -2.45. The van der Waals surface area contributed by atoms with Crippen LogP contribution < -0.4 is 4.74 Å².